The zero-order chi connectivity index (χ0) is 17.9. The average Bonchev–Trinajstić information content (AvgIpc) is 2.70. The Morgan fingerprint density at radius 2 is 1.58 bits per heavy atom. The smallest absolute Gasteiger partial charge is 0.286 e. The van der Waals surface area contributed by atoms with Crippen molar-refractivity contribution in [2.24, 2.45) is 5.10 Å². The first kappa shape index (κ1) is 16.2. The molecule has 0 bridgehead atoms. The zero-order valence-corrected chi connectivity index (χ0v) is 14.4. The number of amides is 2. The van der Waals surface area contributed by atoms with E-state index in [2.05, 4.69) is 15.1 Å². The monoisotopic (exact) mass is 363 g/mol. The molecule has 0 radical (unpaired) electrons. The summed E-state index contributed by atoms with van der Waals surface area (Å²) in [5.41, 5.74) is 1.85. The highest BCUT2D eigenvalue weighted by Crippen LogP contribution is 2.30. The van der Waals surface area contributed by atoms with Crippen molar-refractivity contribution in [3.63, 3.8) is 0 Å². The van der Waals surface area contributed by atoms with Crippen molar-refractivity contribution in [3.8, 4) is 0 Å². The van der Waals surface area contributed by atoms with Crippen LogP contribution in [0.2, 0.25) is 5.02 Å². The van der Waals surface area contributed by atoms with E-state index in [1.807, 2.05) is 36.4 Å². The van der Waals surface area contributed by atoms with Crippen LogP contribution >= 0.6 is 11.6 Å². The summed E-state index contributed by atoms with van der Waals surface area (Å²) < 4.78 is 0. The molecule has 128 valence electrons. The number of benzene rings is 2. The number of hydrogen-bond donors (Lipinski definition) is 0. The van der Waals surface area contributed by atoms with Crippen LogP contribution in [0, 0.1) is 0 Å². The Labute approximate surface area is 155 Å². The van der Waals surface area contributed by atoms with E-state index >= 15 is 0 Å². The summed E-state index contributed by atoms with van der Waals surface area (Å²) in [6.45, 7) is 0.272. The predicted octanol–water partition coefficient (Wildman–Crippen LogP) is 3.98. The maximum atomic E-state index is 13.1. The van der Waals surface area contributed by atoms with Gasteiger partial charge in [0.2, 0.25) is 0 Å². The number of carbonyl (C=O) groups excluding carboxylic acids is 1. The summed E-state index contributed by atoms with van der Waals surface area (Å²) in [6.07, 6.45) is 3.29. The second-order valence-corrected chi connectivity index (χ2v) is 5.99. The maximum Gasteiger partial charge on any atom is 0.350 e. The maximum absolute atomic E-state index is 13.1. The van der Waals surface area contributed by atoms with Gasteiger partial charge in [-0.05, 0) is 30.3 Å². The van der Waals surface area contributed by atoms with Crippen LogP contribution in [-0.4, -0.2) is 28.3 Å². The Bertz CT molecular complexity index is 962. The molecule has 1 aliphatic rings. The van der Waals surface area contributed by atoms with Crippen LogP contribution in [0.1, 0.15) is 5.82 Å². The number of urea groups is 1. The van der Waals surface area contributed by atoms with Gasteiger partial charge in [-0.1, -0.05) is 41.9 Å². The van der Waals surface area contributed by atoms with Gasteiger partial charge in [-0.3, -0.25) is 4.90 Å². The first-order valence-corrected chi connectivity index (χ1v) is 8.38. The van der Waals surface area contributed by atoms with Gasteiger partial charge in [-0.2, -0.15) is 10.1 Å². The molecule has 0 N–H and O–H groups in total. The number of halogens is 1. The van der Waals surface area contributed by atoms with E-state index in [0.29, 0.717) is 22.2 Å². The second kappa shape index (κ2) is 6.93. The number of nitrogens with zero attached hydrogens (tertiary/aromatic N) is 5. The van der Waals surface area contributed by atoms with Crippen molar-refractivity contribution < 1.29 is 4.79 Å². The topological polar surface area (TPSA) is 61.7 Å². The third-order valence-corrected chi connectivity index (χ3v) is 4.23. The number of aromatic nitrogens is 2. The molecule has 26 heavy (non-hydrogen) atoms. The summed E-state index contributed by atoms with van der Waals surface area (Å²) in [5.74, 6) is 0.470. The molecule has 0 saturated carbocycles. The molecule has 0 fully saturated rings. The zero-order valence-electron chi connectivity index (χ0n) is 13.7. The standard InChI is InChI=1S/C19H14ClN5O/c20-15-9-4-5-10-17(15)25-19(26)24(14-7-2-1-3-8-14)13-16(23-25)18-21-11-6-12-22-18/h1-12H,13H2. The van der Waals surface area contributed by atoms with Crippen molar-refractivity contribution in [2.45, 2.75) is 0 Å². The molecule has 3 aromatic rings. The lowest BCUT2D eigenvalue weighted by atomic mass is 10.2. The van der Waals surface area contributed by atoms with E-state index in [4.69, 9.17) is 11.6 Å². The number of carbonyl (C=O) groups is 1. The summed E-state index contributed by atoms with van der Waals surface area (Å²) in [6, 6.07) is 17.9. The van der Waals surface area contributed by atoms with E-state index in [-0.39, 0.29) is 12.6 Å². The highest BCUT2D eigenvalue weighted by atomic mass is 35.5. The molecule has 2 heterocycles. The Balaban J connectivity index is 1.83. The lowest BCUT2D eigenvalue weighted by Gasteiger charge is -2.33. The van der Waals surface area contributed by atoms with E-state index < -0.39 is 0 Å². The molecule has 0 atom stereocenters. The number of hydrogen-bond acceptors (Lipinski definition) is 4. The quantitative estimate of drug-likeness (QED) is 0.707. The highest BCUT2D eigenvalue weighted by molar-refractivity contribution is 6.34. The summed E-state index contributed by atoms with van der Waals surface area (Å²) >= 11 is 6.30. The van der Waals surface area contributed by atoms with Crippen molar-refractivity contribution in [2.75, 3.05) is 16.5 Å². The lowest BCUT2D eigenvalue weighted by Crippen LogP contribution is -2.49. The van der Waals surface area contributed by atoms with Gasteiger partial charge in [0.25, 0.3) is 0 Å². The first-order valence-electron chi connectivity index (χ1n) is 8.00. The van der Waals surface area contributed by atoms with E-state index in [1.54, 1.807) is 41.6 Å². The number of anilines is 2. The molecule has 7 heteroatoms. The third kappa shape index (κ3) is 3.02. The lowest BCUT2D eigenvalue weighted by molar-refractivity contribution is 0.251. The molecule has 2 aromatic carbocycles. The van der Waals surface area contributed by atoms with Gasteiger partial charge in [0.05, 0.1) is 17.3 Å². The third-order valence-electron chi connectivity index (χ3n) is 3.91. The normalized spacial score (nSPS) is 14.3. The van der Waals surface area contributed by atoms with Gasteiger partial charge >= 0.3 is 6.03 Å². The Kier molecular flexibility index (Phi) is 4.33. The van der Waals surface area contributed by atoms with Crippen molar-refractivity contribution in [3.05, 3.63) is 83.9 Å². The van der Waals surface area contributed by atoms with Gasteiger partial charge in [-0.15, -0.1) is 0 Å². The van der Waals surface area contributed by atoms with E-state index in [0.717, 1.165) is 5.69 Å². The summed E-state index contributed by atoms with van der Waals surface area (Å²) in [5, 5.41) is 6.22. The van der Waals surface area contributed by atoms with Crippen LogP contribution in [0.5, 0.6) is 0 Å². The SMILES string of the molecule is O=C1N(c2ccccc2)CC(c2ncccn2)=NN1c1ccccc1Cl. The predicted molar refractivity (Wildman–Crippen MR) is 102 cm³/mol. The van der Waals surface area contributed by atoms with Gasteiger partial charge in [0, 0.05) is 18.1 Å². The summed E-state index contributed by atoms with van der Waals surface area (Å²) in [4.78, 5) is 23.3. The van der Waals surface area contributed by atoms with E-state index in [1.165, 1.54) is 5.01 Å². The summed E-state index contributed by atoms with van der Waals surface area (Å²) in [7, 11) is 0. The fourth-order valence-corrected chi connectivity index (χ4v) is 2.90. The largest absolute Gasteiger partial charge is 0.350 e. The molecule has 4 rings (SSSR count). The van der Waals surface area contributed by atoms with Crippen molar-refractivity contribution >= 4 is 34.7 Å². The van der Waals surface area contributed by atoms with Crippen LogP contribution in [0.25, 0.3) is 0 Å². The molecule has 1 aromatic heterocycles. The van der Waals surface area contributed by atoms with E-state index in [9.17, 15) is 4.79 Å². The highest BCUT2D eigenvalue weighted by Gasteiger charge is 2.32. The molecule has 2 amide bonds. The molecule has 0 saturated heterocycles. The van der Waals surface area contributed by atoms with Gasteiger partial charge < -0.3 is 0 Å². The second-order valence-electron chi connectivity index (χ2n) is 5.59. The Hall–Kier alpha value is -3.25. The molecule has 0 unspecified atom stereocenters. The fourth-order valence-electron chi connectivity index (χ4n) is 2.68. The fraction of sp³-hybridized carbons (Fsp3) is 0.0526. The van der Waals surface area contributed by atoms with Gasteiger partial charge in [0.15, 0.2) is 5.82 Å². The number of rotatable bonds is 3. The Morgan fingerprint density at radius 1 is 0.885 bits per heavy atom. The molecule has 6 nitrogen and oxygen atoms in total. The Morgan fingerprint density at radius 3 is 2.31 bits per heavy atom. The van der Waals surface area contributed by atoms with Crippen LogP contribution in [0.15, 0.2) is 78.2 Å². The number of para-hydroxylation sites is 2. The molecule has 0 aliphatic carbocycles. The molecule has 0 spiro atoms. The van der Waals surface area contributed by atoms with Crippen LogP contribution in [0.3, 0.4) is 0 Å². The minimum atomic E-state index is -0.288. The number of hydrazone groups is 1. The minimum absolute atomic E-state index is 0.272. The molecular formula is C19H14ClN5O. The molecule has 1 aliphatic heterocycles. The van der Waals surface area contributed by atoms with Gasteiger partial charge in [0.1, 0.15) is 5.71 Å². The van der Waals surface area contributed by atoms with Crippen molar-refractivity contribution in [1.82, 2.24) is 9.97 Å². The van der Waals surface area contributed by atoms with Crippen LogP contribution in [0.4, 0.5) is 16.2 Å². The first-order chi connectivity index (χ1) is 12.7. The minimum Gasteiger partial charge on any atom is -0.286 e. The van der Waals surface area contributed by atoms with Gasteiger partial charge in [-0.25, -0.2) is 14.8 Å². The average molecular weight is 364 g/mol. The van der Waals surface area contributed by atoms with Crippen molar-refractivity contribution in [1.29, 1.82) is 0 Å². The van der Waals surface area contributed by atoms with Crippen LogP contribution < -0.4 is 9.91 Å². The molecular weight excluding hydrogens is 350 g/mol. The van der Waals surface area contributed by atoms with Crippen LogP contribution in [-0.2, 0) is 0 Å².